The summed E-state index contributed by atoms with van der Waals surface area (Å²) in [5, 5.41) is 0. The molecular formula is C12H10IN. The minimum atomic E-state index is 1.03. The Hall–Kier alpha value is -0.900. The Morgan fingerprint density at radius 1 is 1.00 bits per heavy atom. The van der Waals surface area contributed by atoms with Gasteiger partial charge in [-0.05, 0) is 47.2 Å². The molecule has 0 saturated carbocycles. The second-order valence-electron chi connectivity index (χ2n) is 3.16. The zero-order chi connectivity index (χ0) is 9.97. The van der Waals surface area contributed by atoms with Crippen molar-refractivity contribution in [3.05, 3.63) is 51.7 Å². The number of aryl methyl sites for hydroxylation is 1. The molecule has 1 heterocycles. The maximum absolute atomic E-state index is 4.49. The van der Waals surface area contributed by atoms with Crippen LogP contribution in [0.25, 0.3) is 11.3 Å². The predicted octanol–water partition coefficient (Wildman–Crippen LogP) is 3.66. The fraction of sp³-hybridized carbons (Fsp3) is 0.0833. The van der Waals surface area contributed by atoms with E-state index in [4.69, 9.17) is 0 Å². The second-order valence-corrected chi connectivity index (χ2v) is 4.27. The third-order valence-corrected chi connectivity index (χ3v) is 2.74. The van der Waals surface area contributed by atoms with Gasteiger partial charge in [0.1, 0.15) is 3.70 Å². The van der Waals surface area contributed by atoms with Crippen molar-refractivity contribution in [2.75, 3.05) is 0 Å². The molecular weight excluding hydrogens is 285 g/mol. The Morgan fingerprint density at radius 3 is 2.50 bits per heavy atom. The van der Waals surface area contributed by atoms with Crippen LogP contribution in [0.3, 0.4) is 0 Å². The lowest BCUT2D eigenvalue weighted by molar-refractivity contribution is 1.26. The standard InChI is InChI=1S/C12H10IN/c1-9-5-2-3-6-10(9)11-7-4-8-12(13)14-11/h2-8H,1H3. The Kier molecular flexibility index (Phi) is 2.82. The summed E-state index contributed by atoms with van der Waals surface area (Å²) >= 11 is 2.23. The topological polar surface area (TPSA) is 12.9 Å². The molecule has 0 saturated heterocycles. The number of nitrogens with zero attached hydrogens (tertiary/aromatic N) is 1. The van der Waals surface area contributed by atoms with Crippen molar-refractivity contribution in [2.24, 2.45) is 0 Å². The zero-order valence-electron chi connectivity index (χ0n) is 7.87. The molecule has 1 aromatic heterocycles. The number of hydrogen-bond donors (Lipinski definition) is 0. The number of benzene rings is 1. The molecule has 0 unspecified atom stereocenters. The van der Waals surface area contributed by atoms with E-state index in [1.54, 1.807) is 0 Å². The number of pyridine rings is 1. The number of aromatic nitrogens is 1. The molecule has 0 spiro atoms. The van der Waals surface area contributed by atoms with Gasteiger partial charge in [-0.1, -0.05) is 30.3 Å². The van der Waals surface area contributed by atoms with Crippen LogP contribution in [0.15, 0.2) is 42.5 Å². The maximum Gasteiger partial charge on any atom is 0.102 e. The summed E-state index contributed by atoms with van der Waals surface area (Å²) in [6.45, 7) is 2.11. The SMILES string of the molecule is Cc1ccccc1-c1cccc(I)n1. The second kappa shape index (κ2) is 4.09. The highest BCUT2D eigenvalue weighted by atomic mass is 127. The smallest absolute Gasteiger partial charge is 0.102 e. The molecule has 1 aromatic carbocycles. The average molecular weight is 295 g/mol. The molecule has 2 rings (SSSR count). The summed E-state index contributed by atoms with van der Waals surface area (Å²) in [6.07, 6.45) is 0. The summed E-state index contributed by atoms with van der Waals surface area (Å²) in [5.41, 5.74) is 3.53. The lowest BCUT2D eigenvalue weighted by atomic mass is 10.1. The van der Waals surface area contributed by atoms with Gasteiger partial charge in [0.2, 0.25) is 0 Å². The molecule has 0 atom stereocenters. The molecule has 0 aliphatic carbocycles. The van der Waals surface area contributed by atoms with Gasteiger partial charge >= 0.3 is 0 Å². The monoisotopic (exact) mass is 295 g/mol. The van der Waals surface area contributed by atoms with Crippen molar-refractivity contribution < 1.29 is 0 Å². The molecule has 2 heteroatoms. The first kappa shape index (κ1) is 9.65. The van der Waals surface area contributed by atoms with Crippen LogP contribution in [0.4, 0.5) is 0 Å². The third-order valence-electron chi connectivity index (χ3n) is 2.14. The van der Waals surface area contributed by atoms with E-state index in [2.05, 4.69) is 46.6 Å². The van der Waals surface area contributed by atoms with Gasteiger partial charge in [0, 0.05) is 5.56 Å². The highest BCUT2D eigenvalue weighted by Gasteiger charge is 2.01. The fourth-order valence-corrected chi connectivity index (χ4v) is 1.89. The fourth-order valence-electron chi connectivity index (χ4n) is 1.42. The highest BCUT2D eigenvalue weighted by Crippen LogP contribution is 2.21. The van der Waals surface area contributed by atoms with Crippen molar-refractivity contribution in [1.29, 1.82) is 0 Å². The van der Waals surface area contributed by atoms with Crippen LogP contribution < -0.4 is 0 Å². The van der Waals surface area contributed by atoms with Crippen molar-refractivity contribution >= 4 is 22.6 Å². The molecule has 0 aliphatic rings. The molecule has 70 valence electrons. The highest BCUT2D eigenvalue weighted by molar-refractivity contribution is 14.1. The van der Waals surface area contributed by atoms with E-state index < -0.39 is 0 Å². The normalized spacial score (nSPS) is 10.1. The first-order valence-electron chi connectivity index (χ1n) is 4.46. The van der Waals surface area contributed by atoms with Gasteiger partial charge in [-0.15, -0.1) is 0 Å². The Balaban J connectivity index is 2.55. The van der Waals surface area contributed by atoms with Crippen LogP contribution in [0.2, 0.25) is 0 Å². The number of halogens is 1. The Labute approximate surface area is 97.3 Å². The zero-order valence-corrected chi connectivity index (χ0v) is 10.0. The number of rotatable bonds is 1. The van der Waals surface area contributed by atoms with Crippen LogP contribution in [-0.2, 0) is 0 Å². The predicted molar refractivity (Wildman–Crippen MR) is 67.1 cm³/mol. The molecule has 1 nitrogen and oxygen atoms in total. The summed E-state index contributed by atoms with van der Waals surface area (Å²) < 4.78 is 1.03. The van der Waals surface area contributed by atoms with E-state index in [0.29, 0.717) is 0 Å². The minimum Gasteiger partial charge on any atom is -0.242 e. The van der Waals surface area contributed by atoms with Crippen LogP contribution in [0.1, 0.15) is 5.56 Å². The van der Waals surface area contributed by atoms with Gasteiger partial charge in [-0.3, -0.25) is 0 Å². The average Bonchev–Trinajstić information content (AvgIpc) is 2.18. The van der Waals surface area contributed by atoms with Crippen LogP contribution in [0, 0.1) is 10.6 Å². The molecule has 0 aliphatic heterocycles. The van der Waals surface area contributed by atoms with Crippen molar-refractivity contribution in [3.8, 4) is 11.3 Å². The maximum atomic E-state index is 4.49. The van der Waals surface area contributed by atoms with E-state index in [0.717, 1.165) is 9.39 Å². The van der Waals surface area contributed by atoms with Crippen molar-refractivity contribution in [1.82, 2.24) is 4.98 Å². The van der Waals surface area contributed by atoms with Gasteiger partial charge in [0.25, 0.3) is 0 Å². The lowest BCUT2D eigenvalue weighted by Crippen LogP contribution is -1.88. The van der Waals surface area contributed by atoms with Crippen molar-refractivity contribution in [2.45, 2.75) is 6.92 Å². The van der Waals surface area contributed by atoms with Gasteiger partial charge in [-0.2, -0.15) is 0 Å². The van der Waals surface area contributed by atoms with Crippen LogP contribution >= 0.6 is 22.6 Å². The van der Waals surface area contributed by atoms with Gasteiger partial charge in [0.15, 0.2) is 0 Å². The first-order chi connectivity index (χ1) is 6.77. The van der Waals surface area contributed by atoms with Crippen LogP contribution in [0.5, 0.6) is 0 Å². The summed E-state index contributed by atoms with van der Waals surface area (Å²) in [6, 6.07) is 14.4. The Bertz CT molecular complexity index is 452. The molecule has 0 fully saturated rings. The molecule has 14 heavy (non-hydrogen) atoms. The minimum absolute atomic E-state index is 1.03. The summed E-state index contributed by atoms with van der Waals surface area (Å²) in [7, 11) is 0. The van der Waals surface area contributed by atoms with Gasteiger partial charge in [0.05, 0.1) is 5.69 Å². The Morgan fingerprint density at radius 2 is 1.79 bits per heavy atom. The van der Waals surface area contributed by atoms with Crippen molar-refractivity contribution in [3.63, 3.8) is 0 Å². The largest absolute Gasteiger partial charge is 0.242 e. The third kappa shape index (κ3) is 1.95. The number of hydrogen-bond acceptors (Lipinski definition) is 1. The van der Waals surface area contributed by atoms with E-state index in [9.17, 15) is 0 Å². The van der Waals surface area contributed by atoms with Gasteiger partial charge in [-0.25, -0.2) is 4.98 Å². The molecule has 0 bridgehead atoms. The molecule has 0 amide bonds. The lowest BCUT2D eigenvalue weighted by Gasteiger charge is -2.04. The van der Waals surface area contributed by atoms with Gasteiger partial charge < -0.3 is 0 Å². The molecule has 0 N–H and O–H groups in total. The quantitative estimate of drug-likeness (QED) is 0.578. The van der Waals surface area contributed by atoms with Crippen LogP contribution in [-0.4, -0.2) is 4.98 Å². The summed E-state index contributed by atoms with van der Waals surface area (Å²) in [5.74, 6) is 0. The van der Waals surface area contributed by atoms with E-state index in [1.807, 2.05) is 30.3 Å². The first-order valence-corrected chi connectivity index (χ1v) is 5.54. The molecule has 0 radical (unpaired) electrons. The molecule has 2 aromatic rings. The van der Waals surface area contributed by atoms with E-state index in [1.165, 1.54) is 11.1 Å². The summed E-state index contributed by atoms with van der Waals surface area (Å²) in [4.78, 5) is 4.49. The van der Waals surface area contributed by atoms with E-state index >= 15 is 0 Å². The van der Waals surface area contributed by atoms with E-state index in [-0.39, 0.29) is 0 Å².